The van der Waals surface area contributed by atoms with Gasteiger partial charge >= 0.3 is 17.5 Å². The Morgan fingerprint density at radius 3 is 2.39 bits per heavy atom. The Morgan fingerprint density at radius 2 is 1.86 bits per heavy atom. The van der Waals surface area contributed by atoms with Crippen molar-refractivity contribution in [3.63, 3.8) is 0 Å². The van der Waals surface area contributed by atoms with Gasteiger partial charge in [-0.1, -0.05) is 0 Å². The van der Waals surface area contributed by atoms with Crippen molar-refractivity contribution in [3.8, 4) is 11.6 Å². The van der Waals surface area contributed by atoms with E-state index in [9.17, 15) is 19.7 Å². The summed E-state index contributed by atoms with van der Waals surface area (Å²) in [5.74, 6) is -1.26. The van der Waals surface area contributed by atoms with E-state index in [1.54, 1.807) is 17.0 Å². The van der Waals surface area contributed by atoms with E-state index >= 15 is 0 Å². The summed E-state index contributed by atoms with van der Waals surface area (Å²) < 4.78 is 5.57. The first kappa shape index (κ1) is 19.2. The predicted octanol–water partition coefficient (Wildman–Crippen LogP) is 2.68. The number of benzene rings is 1. The van der Waals surface area contributed by atoms with Crippen LogP contribution in [0.3, 0.4) is 0 Å². The highest BCUT2D eigenvalue weighted by Crippen LogP contribution is 2.37. The molecule has 2 heterocycles. The third-order valence-corrected chi connectivity index (χ3v) is 4.57. The van der Waals surface area contributed by atoms with Gasteiger partial charge in [0, 0.05) is 18.7 Å². The van der Waals surface area contributed by atoms with Crippen LogP contribution < -0.4 is 9.64 Å². The zero-order valence-electron chi connectivity index (χ0n) is 15.1. The minimum absolute atomic E-state index is 0.0965. The molecule has 0 aliphatic carbocycles. The van der Waals surface area contributed by atoms with Crippen LogP contribution in [-0.4, -0.2) is 44.8 Å². The normalized spacial score (nSPS) is 14.5. The molecular formula is C18H18N4O6. The van der Waals surface area contributed by atoms with Crippen LogP contribution in [0, 0.1) is 16.0 Å². The molecule has 0 bridgehead atoms. The number of aliphatic carboxylic acids is 1. The van der Waals surface area contributed by atoms with Crippen LogP contribution in [0.2, 0.25) is 0 Å². The van der Waals surface area contributed by atoms with E-state index in [2.05, 4.69) is 9.97 Å². The van der Waals surface area contributed by atoms with Crippen molar-refractivity contribution in [2.45, 2.75) is 19.8 Å². The lowest BCUT2D eigenvalue weighted by molar-refractivity contribution is -0.385. The average molecular weight is 386 g/mol. The van der Waals surface area contributed by atoms with Crippen LogP contribution in [0.1, 0.15) is 30.1 Å². The van der Waals surface area contributed by atoms with E-state index in [0.29, 0.717) is 37.2 Å². The molecule has 0 radical (unpaired) electrons. The van der Waals surface area contributed by atoms with Crippen molar-refractivity contribution in [2.75, 3.05) is 18.0 Å². The fourth-order valence-corrected chi connectivity index (χ4v) is 3.03. The first-order valence-electron chi connectivity index (χ1n) is 8.63. The number of nitrogens with zero attached hydrogens (tertiary/aromatic N) is 4. The Labute approximate surface area is 159 Å². The van der Waals surface area contributed by atoms with Crippen molar-refractivity contribution in [1.82, 2.24) is 9.97 Å². The van der Waals surface area contributed by atoms with E-state index in [-0.39, 0.29) is 23.2 Å². The third-order valence-electron chi connectivity index (χ3n) is 4.57. The van der Waals surface area contributed by atoms with E-state index in [1.807, 2.05) is 0 Å². The SMILES string of the molecule is CC(=O)c1ccc(Oc2ncnc(N3CCC(C(=O)O)CC3)c2[N+](=O)[O-])cc1. The molecule has 0 atom stereocenters. The molecule has 28 heavy (non-hydrogen) atoms. The van der Waals surface area contributed by atoms with Gasteiger partial charge in [0.1, 0.15) is 12.1 Å². The van der Waals surface area contributed by atoms with Gasteiger partial charge in [-0.15, -0.1) is 0 Å². The lowest BCUT2D eigenvalue weighted by Gasteiger charge is -2.30. The number of hydrogen-bond acceptors (Lipinski definition) is 8. The number of carboxylic acid groups (broad SMARTS) is 1. The van der Waals surface area contributed by atoms with Crippen molar-refractivity contribution in [2.24, 2.45) is 5.92 Å². The van der Waals surface area contributed by atoms with Crippen molar-refractivity contribution < 1.29 is 24.4 Å². The Hall–Kier alpha value is -3.56. The molecule has 1 aromatic heterocycles. The number of piperidine rings is 1. The van der Waals surface area contributed by atoms with Gasteiger partial charge in [-0.05, 0) is 44.0 Å². The predicted molar refractivity (Wildman–Crippen MR) is 97.8 cm³/mol. The zero-order chi connectivity index (χ0) is 20.3. The summed E-state index contributed by atoms with van der Waals surface area (Å²) in [6, 6.07) is 6.17. The number of nitro groups is 1. The molecule has 2 aromatic rings. The number of hydrogen-bond donors (Lipinski definition) is 1. The highest BCUT2D eigenvalue weighted by molar-refractivity contribution is 5.94. The lowest BCUT2D eigenvalue weighted by Crippen LogP contribution is -2.37. The standard InChI is InChI=1S/C18H18N4O6/c1-11(23)12-2-4-14(5-3-12)28-17-15(22(26)27)16(19-10-20-17)21-8-6-13(7-9-21)18(24)25/h2-5,10,13H,6-9H2,1H3,(H,24,25). The molecule has 1 aliphatic heterocycles. The summed E-state index contributed by atoms with van der Waals surface area (Å²) in [5.41, 5.74) is 0.110. The molecule has 1 fully saturated rings. The molecule has 1 aromatic carbocycles. The zero-order valence-corrected chi connectivity index (χ0v) is 15.1. The molecule has 10 nitrogen and oxygen atoms in total. The molecule has 0 amide bonds. The summed E-state index contributed by atoms with van der Waals surface area (Å²) in [6.45, 7) is 2.11. The van der Waals surface area contributed by atoms with E-state index in [1.165, 1.54) is 25.4 Å². The first-order valence-corrected chi connectivity index (χ1v) is 8.63. The molecule has 3 rings (SSSR count). The summed E-state index contributed by atoms with van der Waals surface area (Å²) >= 11 is 0. The van der Waals surface area contributed by atoms with E-state index in [0.717, 1.165) is 0 Å². The molecule has 1 saturated heterocycles. The molecule has 10 heteroatoms. The van der Waals surface area contributed by atoms with Crippen molar-refractivity contribution in [3.05, 3.63) is 46.3 Å². The lowest BCUT2D eigenvalue weighted by atomic mass is 9.97. The van der Waals surface area contributed by atoms with Crippen LogP contribution in [0.25, 0.3) is 0 Å². The molecule has 1 N–H and O–H groups in total. The van der Waals surface area contributed by atoms with E-state index in [4.69, 9.17) is 9.84 Å². The second kappa shape index (κ2) is 7.99. The molecule has 0 saturated carbocycles. The Morgan fingerprint density at radius 1 is 1.21 bits per heavy atom. The van der Waals surface area contributed by atoms with Gasteiger partial charge in [0.2, 0.25) is 5.82 Å². The number of aromatic nitrogens is 2. The molecule has 0 unspecified atom stereocenters. The maximum Gasteiger partial charge on any atom is 0.373 e. The Bertz CT molecular complexity index is 907. The number of Topliss-reactive ketones (excluding diaryl/α,β-unsaturated/α-hetero) is 1. The molecule has 0 spiro atoms. The fourth-order valence-electron chi connectivity index (χ4n) is 3.03. The van der Waals surface area contributed by atoms with Gasteiger partial charge in [0.15, 0.2) is 5.78 Å². The van der Waals surface area contributed by atoms with Gasteiger partial charge in [-0.3, -0.25) is 19.7 Å². The maximum atomic E-state index is 11.7. The maximum absolute atomic E-state index is 11.7. The molecule has 1 aliphatic rings. The third kappa shape index (κ3) is 4.05. The minimum atomic E-state index is -0.866. The number of ether oxygens (including phenoxy) is 1. The van der Waals surface area contributed by atoms with E-state index < -0.39 is 16.8 Å². The van der Waals surface area contributed by atoms with Crippen LogP contribution in [0.4, 0.5) is 11.5 Å². The first-order chi connectivity index (χ1) is 13.4. The number of carboxylic acids is 1. The number of anilines is 1. The summed E-state index contributed by atoms with van der Waals surface area (Å²) in [4.78, 5) is 43.1. The largest absolute Gasteiger partial charge is 0.481 e. The van der Waals surface area contributed by atoms with Gasteiger partial charge in [-0.25, -0.2) is 4.98 Å². The topological polar surface area (TPSA) is 136 Å². The van der Waals surface area contributed by atoms with Crippen LogP contribution in [0.15, 0.2) is 30.6 Å². The van der Waals surface area contributed by atoms with Crippen LogP contribution in [-0.2, 0) is 4.79 Å². The van der Waals surface area contributed by atoms with Gasteiger partial charge in [-0.2, -0.15) is 4.98 Å². The highest BCUT2D eigenvalue weighted by Gasteiger charge is 2.32. The number of ketones is 1. The summed E-state index contributed by atoms with van der Waals surface area (Å²) in [6.07, 6.45) is 1.92. The highest BCUT2D eigenvalue weighted by atomic mass is 16.6. The number of rotatable bonds is 6. The quantitative estimate of drug-likeness (QED) is 0.451. The van der Waals surface area contributed by atoms with Crippen LogP contribution in [0.5, 0.6) is 11.6 Å². The Kier molecular flexibility index (Phi) is 5.48. The molecule has 146 valence electrons. The number of carbonyl (C=O) groups is 2. The van der Waals surface area contributed by atoms with Crippen molar-refractivity contribution >= 4 is 23.3 Å². The van der Waals surface area contributed by atoms with Gasteiger partial charge in [0.05, 0.1) is 10.8 Å². The van der Waals surface area contributed by atoms with Gasteiger partial charge in [0.25, 0.3) is 0 Å². The summed E-state index contributed by atoms with van der Waals surface area (Å²) in [5, 5.41) is 20.8. The second-order valence-corrected chi connectivity index (χ2v) is 6.39. The molecular weight excluding hydrogens is 368 g/mol. The smallest absolute Gasteiger partial charge is 0.373 e. The number of carbonyl (C=O) groups excluding carboxylic acids is 1. The van der Waals surface area contributed by atoms with Crippen molar-refractivity contribution in [1.29, 1.82) is 0 Å². The van der Waals surface area contributed by atoms with Gasteiger partial charge < -0.3 is 14.7 Å². The van der Waals surface area contributed by atoms with Crippen LogP contribution >= 0.6 is 0 Å². The average Bonchev–Trinajstić information content (AvgIpc) is 2.68. The summed E-state index contributed by atoms with van der Waals surface area (Å²) in [7, 11) is 0. The monoisotopic (exact) mass is 386 g/mol. The minimum Gasteiger partial charge on any atom is -0.481 e. The second-order valence-electron chi connectivity index (χ2n) is 6.39. The fraction of sp³-hybridized carbons (Fsp3) is 0.333. The Balaban J connectivity index is 1.87.